The largest absolute Gasteiger partial charge is 0.465 e. The summed E-state index contributed by atoms with van der Waals surface area (Å²) in [7, 11) is 0. The van der Waals surface area contributed by atoms with Crippen molar-refractivity contribution < 1.29 is 52.8 Å². The predicted molar refractivity (Wildman–Crippen MR) is 254 cm³/mol. The zero-order chi connectivity index (χ0) is 46.7. The fourth-order valence-corrected chi connectivity index (χ4v) is 7.93. The fraction of sp³-hybridized carbons (Fsp3) is 0.904. The van der Waals surface area contributed by atoms with Gasteiger partial charge in [-0.15, -0.1) is 0 Å². The number of nitrogens with zero attached hydrogens (tertiary/aromatic N) is 1. The number of unbranched alkanes of at least 4 members (excludes halogenated alkanes) is 19. The van der Waals surface area contributed by atoms with Gasteiger partial charge in [-0.25, -0.2) is 0 Å². The van der Waals surface area contributed by atoms with E-state index in [-0.39, 0.29) is 82.3 Å². The molecule has 0 aromatic carbocycles. The first kappa shape index (κ1) is 59.3. The Morgan fingerprint density at radius 1 is 0.422 bits per heavy atom. The third-order valence-corrected chi connectivity index (χ3v) is 12.4. The van der Waals surface area contributed by atoms with Gasteiger partial charge in [-0.05, 0) is 64.3 Å². The molecule has 0 aliphatic heterocycles. The maximum absolute atomic E-state index is 13.0. The van der Waals surface area contributed by atoms with E-state index in [9.17, 15) is 29.1 Å². The second-order valence-electron chi connectivity index (χ2n) is 18.5. The predicted octanol–water partition coefficient (Wildman–Crippen LogP) is 11.5. The standard InChI is InChI=1S/C52H95NO11/c1-4-7-10-13-14-15-16-17-20-24-34-50(57)62-42-46(43-63-51(58)35-25-21-26-37-53(38-39-54)47-30-28-31-47)44-64-52(59)36-27-29-45(40-60-48(55)32-22-18-11-8-5-2)41-61-49(56)33-23-19-12-9-6-3/h45-47,54H,4-44H2,1-3H3. The number of aliphatic hydroxyl groups is 1. The Labute approximate surface area is 389 Å². The Morgan fingerprint density at radius 2 is 0.734 bits per heavy atom. The van der Waals surface area contributed by atoms with Crippen LogP contribution in [-0.4, -0.2) is 98.6 Å². The summed E-state index contributed by atoms with van der Waals surface area (Å²) in [5, 5.41) is 9.43. The average Bonchev–Trinajstić information content (AvgIpc) is 3.26. The number of ether oxygens (including phenoxy) is 5. The molecule has 64 heavy (non-hydrogen) atoms. The van der Waals surface area contributed by atoms with Gasteiger partial charge in [-0.3, -0.25) is 28.9 Å². The van der Waals surface area contributed by atoms with Gasteiger partial charge in [0.2, 0.25) is 0 Å². The molecule has 1 saturated carbocycles. The number of esters is 5. The Balaban J connectivity index is 2.63. The van der Waals surface area contributed by atoms with Crippen LogP contribution in [0.1, 0.15) is 233 Å². The summed E-state index contributed by atoms with van der Waals surface area (Å²) < 4.78 is 28.0. The maximum atomic E-state index is 13.0. The highest BCUT2D eigenvalue weighted by Crippen LogP contribution is 2.25. The molecule has 1 unspecified atom stereocenters. The number of hydrogen-bond donors (Lipinski definition) is 1. The van der Waals surface area contributed by atoms with Crippen LogP contribution in [-0.2, 0) is 47.7 Å². The van der Waals surface area contributed by atoms with Gasteiger partial charge in [0.15, 0.2) is 0 Å². The molecule has 12 nitrogen and oxygen atoms in total. The van der Waals surface area contributed by atoms with E-state index >= 15 is 0 Å². The molecule has 1 aliphatic rings. The zero-order valence-electron chi connectivity index (χ0n) is 41.2. The molecule has 0 amide bonds. The van der Waals surface area contributed by atoms with Crippen LogP contribution in [0.4, 0.5) is 0 Å². The van der Waals surface area contributed by atoms with E-state index in [0.717, 1.165) is 103 Å². The molecule has 1 fully saturated rings. The summed E-state index contributed by atoms with van der Waals surface area (Å²) in [6, 6.07) is 0.571. The second kappa shape index (κ2) is 42.9. The number of aliphatic hydroxyl groups excluding tert-OH is 1. The lowest BCUT2D eigenvalue weighted by atomic mass is 9.91. The second-order valence-corrected chi connectivity index (χ2v) is 18.5. The van der Waals surface area contributed by atoms with Crippen molar-refractivity contribution in [3.8, 4) is 0 Å². The van der Waals surface area contributed by atoms with Gasteiger partial charge in [-0.1, -0.05) is 143 Å². The van der Waals surface area contributed by atoms with Crippen molar-refractivity contribution in [3.05, 3.63) is 0 Å². The Morgan fingerprint density at radius 3 is 1.06 bits per heavy atom. The Bertz CT molecular complexity index is 1130. The van der Waals surface area contributed by atoms with E-state index in [2.05, 4.69) is 25.7 Å². The molecule has 1 N–H and O–H groups in total. The molecule has 12 heteroatoms. The van der Waals surface area contributed by atoms with E-state index in [1.54, 1.807) is 0 Å². The molecule has 1 rings (SSSR count). The van der Waals surface area contributed by atoms with Crippen molar-refractivity contribution in [2.24, 2.45) is 11.8 Å². The number of hydrogen-bond acceptors (Lipinski definition) is 12. The monoisotopic (exact) mass is 910 g/mol. The first-order valence-corrected chi connectivity index (χ1v) is 26.3. The van der Waals surface area contributed by atoms with Gasteiger partial charge in [0, 0.05) is 50.6 Å². The van der Waals surface area contributed by atoms with E-state index in [0.29, 0.717) is 51.1 Å². The summed E-state index contributed by atoms with van der Waals surface area (Å²) >= 11 is 0. The van der Waals surface area contributed by atoms with Crippen LogP contribution in [0, 0.1) is 11.8 Å². The van der Waals surface area contributed by atoms with Gasteiger partial charge in [0.1, 0.15) is 19.8 Å². The molecule has 0 aromatic heterocycles. The van der Waals surface area contributed by atoms with Crippen LogP contribution >= 0.6 is 0 Å². The van der Waals surface area contributed by atoms with Crippen molar-refractivity contribution in [1.82, 2.24) is 4.90 Å². The van der Waals surface area contributed by atoms with Crippen molar-refractivity contribution in [3.63, 3.8) is 0 Å². The molecule has 0 aromatic rings. The molecular weight excluding hydrogens is 815 g/mol. The van der Waals surface area contributed by atoms with E-state index in [4.69, 9.17) is 23.7 Å². The quantitative estimate of drug-likeness (QED) is 0.0351. The Hall–Kier alpha value is -2.73. The minimum absolute atomic E-state index is 0.0188. The third kappa shape index (κ3) is 35.5. The lowest BCUT2D eigenvalue weighted by Crippen LogP contribution is -2.42. The SMILES string of the molecule is CCCCCCCCCCCCC(=O)OCC(COC(=O)CCCCCN(CCO)C1CCC1)COC(=O)CCCC(COC(=O)CCCCCCC)COC(=O)CCCCCCC. The van der Waals surface area contributed by atoms with Crippen LogP contribution in [0.25, 0.3) is 0 Å². The maximum Gasteiger partial charge on any atom is 0.305 e. The van der Waals surface area contributed by atoms with Gasteiger partial charge in [0.05, 0.1) is 25.7 Å². The number of carbonyl (C=O) groups is 5. The lowest BCUT2D eigenvalue weighted by Gasteiger charge is -2.37. The highest BCUT2D eigenvalue weighted by atomic mass is 16.6. The number of rotatable bonds is 46. The van der Waals surface area contributed by atoms with Gasteiger partial charge >= 0.3 is 29.8 Å². The molecule has 0 radical (unpaired) electrons. The molecule has 374 valence electrons. The number of carbonyl (C=O) groups excluding carboxylic acids is 5. The van der Waals surface area contributed by atoms with Crippen molar-refractivity contribution >= 4 is 29.8 Å². The van der Waals surface area contributed by atoms with Crippen molar-refractivity contribution in [2.75, 3.05) is 52.7 Å². The van der Waals surface area contributed by atoms with E-state index in [1.165, 1.54) is 64.2 Å². The summed E-state index contributed by atoms with van der Waals surface area (Å²) in [5.41, 5.74) is 0. The van der Waals surface area contributed by atoms with Crippen LogP contribution in [0.15, 0.2) is 0 Å². The minimum Gasteiger partial charge on any atom is -0.465 e. The summed E-state index contributed by atoms with van der Waals surface area (Å²) in [5.74, 6) is -2.34. The van der Waals surface area contributed by atoms with Crippen molar-refractivity contribution in [2.45, 2.75) is 239 Å². The first-order valence-electron chi connectivity index (χ1n) is 26.3. The van der Waals surface area contributed by atoms with Crippen LogP contribution in [0.2, 0.25) is 0 Å². The molecular formula is C52H95NO11. The highest BCUT2D eigenvalue weighted by molar-refractivity contribution is 5.71. The molecule has 0 spiro atoms. The third-order valence-electron chi connectivity index (χ3n) is 12.4. The van der Waals surface area contributed by atoms with Crippen LogP contribution < -0.4 is 0 Å². The molecule has 0 heterocycles. The topological polar surface area (TPSA) is 155 Å². The fourth-order valence-electron chi connectivity index (χ4n) is 7.93. The van der Waals surface area contributed by atoms with Crippen molar-refractivity contribution in [1.29, 1.82) is 0 Å². The van der Waals surface area contributed by atoms with Gasteiger partial charge in [-0.2, -0.15) is 0 Å². The zero-order valence-corrected chi connectivity index (χ0v) is 41.2. The van der Waals surface area contributed by atoms with Gasteiger partial charge < -0.3 is 28.8 Å². The smallest absolute Gasteiger partial charge is 0.305 e. The van der Waals surface area contributed by atoms with Gasteiger partial charge in [0.25, 0.3) is 0 Å². The lowest BCUT2D eigenvalue weighted by molar-refractivity contribution is -0.155. The Kier molecular flexibility index (Phi) is 39.7. The summed E-state index contributed by atoms with van der Waals surface area (Å²) in [4.78, 5) is 65.7. The minimum atomic E-state index is -0.505. The summed E-state index contributed by atoms with van der Waals surface area (Å²) in [6.45, 7) is 8.42. The summed E-state index contributed by atoms with van der Waals surface area (Å²) in [6.07, 6.45) is 30.5. The van der Waals surface area contributed by atoms with Crippen LogP contribution in [0.3, 0.4) is 0 Å². The molecule has 1 aliphatic carbocycles. The molecule has 0 saturated heterocycles. The van der Waals surface area contributed by atoms with E-state index < -0.39 is 11.9 Å². The first-order chi connectivity index (χ1) is 31.2. The van der Waals surface area contributed by atoms with Crippen LogP contribution in [0.5, 0.6) is 0 Å². The molecule has 0 bridgehead atoms. The highest BCUT2D eigenvalue weighted by Gasteiger charge is 2.24. The normalized spacial score (nSPS) is 13.2. The van der Waals surface area contributed by atoms with E-state index in [1.807, 2.05) is 0 Å². The average molecular weight is 910 g/mol. The molecule has 1 atom stereocenters.